The van der Waals surface area contributed by atoms with E-state index in [1.165, 1.54) is 6.42 Å². The third kappa shape index (κ3) is 4.27. The molecule has 6 heteroatoms. The second kappa shape index (κ2) is 7.37. The summed E-state index contributed by atoms with van der Waals surface area (Å²) in [4.78, 5) is 12.2. The molecule has 1 heterocycles. The van der Waals surface area contributed by atoms with Crippen LogP contribution in [-0.4, -0.2) is 15.7 Å². The molecule has 1 N–H and O–H groups in total. The molecule has 23 heavy (non-hydrogen) atoms. The van der Waals surface area contributed by atoms with E-state index in [9.17, 15) is 4.79 Å². The maximum absolute atomic E-state index is 12.2. The Morgan fingerprint density at radius 3 is 2.70 bits per heavy atom. The minimum Gasteiger partial charge on any atom is -0.309 e. The molecular formula is C17H19Cl2N3O. The first-order valence-electron chi connectivity index (χ1n) is 7.90. The molecular weight excluding hydrogens is 333 g/mol. The summed E-state index contributed by atoms with van der Waals surface area (Å²) in [6, 6.07) is 7.33. The molecule has 0 bridgehead atoms. The van der Waals surface area contributed by atoms with Gasteiger partial charge in [0.25, 0.3) is 0 Å². The lowest BCUT2D eigenvalue weighted by Crippen LogP contribution is -2.25. The normalized spacial score (nSPS) is 15.6. The van der Waals surface area contributed by atoms with Crippen molar-refractivity contribution in [2.75, 3.05) is 5.32 Å². The molecule has 1 aliphatic rings. The predicted octanol–water partition coefficient (Wildman–Crippen LogP) is 4.76. The van der Waals surface area contributed by atoms with E-state index in [1.807, 2.05) is 24.4 Å². The van der Waals surface area contributed by atoms with Crippen LogP contribution in [0.4, 0.5) is 5.82 Å². The van der Waals surface area contributed by atoms with Crippen molar-refractivity contribution in [3.63, 3.8) is 0 Å². The summed E-state index contributed by atoms with van der Waals surface area (Å²) in [5.41, 5.74) is 1.01. The molecule has 122 valence electrons. The Labute approximate surface area is 145 Å². The molecule has 1 amide bonds. The van der Waals surface area contributed by atoms with Crippen LogP contribution in [0.1, 0.15) is 37.7 Å². The van der Waals surface area contributed by atoms with Crippen LogP contribution < -0.4 is 5.32 Å². The van der Waals surface area contributed by atoms with Crippen molar-refractivity contribution in [1.29, 1.82) is 0 Å². The molecule has 1 aromatic carbocycles. The summed E-state index contributed by atoms with van der Waals surface area (Å²) in [5, 5.41) is 8.39. The fourth-order valence-electron chi connectivity index (χ4n) is 2.93. The van der Waals surface area contributed by atoms with Gasteiger partial charge in [-0.3, -0.25) is 9.48 Å². The quantitative estimate of drug-likeness (QED) is 0.863. The first-order valence-corrected chi connectivity index (χ1v) is 8.65. The number of aromatic nitrogens is 2. The number of rotatable bonds is 4. The molecule has 1 fully saturated rings. The van der Waals surface area contributed by atoms with E-state index in [-0.39, 0.29) is 11.8 Å². The molecule has 2 aromatic rings. The van der Waals surface area contributed by atoms with Gasteiger partial charge >= 0.3 is 0 Å². The number of amides is 1. The number of benzene rings is 1. The summed E-state index contributed by atoms with van der Waals surface area (Å²) in [6.07, 6.45) is 7.33. The Hall–Kier alpha value is -1.52. The van der Waals surface area contributed by atoms with Gasteiger partial charge in [-0.25, -0.2) is 0 Å². The van der Waals surface area contributed by atoms with Crippen LogP contribution >= 0.6 is 23.2 Å². The highest BCUT2D eigenvalue weighted by Crippen LogP contribution is 2.25. The van der Waals surface area contributed by atoms with E-state index in [0.29, 0.717) is 22.4 Å². The zero-order valence-electron chi connectivity index (χ0n) is 12.8. The van der Waals surface area contributed by atoms with Crippen molar-refractivity contribution < 1.29 is 4.79 Å². The van der Waals surface area contributed by atoms with Crippen molar-refractivity contribution >= 4 is 34.9 Å². The number of nitrogens with one attached hydrogen (secondary N) is 1. The zero-order chi connectivity index (χ0) is 16.2. The van der Waals surface area contributed by atoms with Crippen LogP contribution in [-0.2, 0) is 11.3 Å². The fourth-order valence-corrected chi connectivity index (χ4v) is 3.26. The molecule has 4 nitrogen and oxygen atoms in total. The standard InChI is InChI=1S/C17H19Cl2N3O/c18-14-7-6-12(10-15(14)19)11-22-9-8-16(21-22)20-17(23)13-4-2-1-3-5-13/h6-10,13H,1-5,11H2,(H,20,21,23). The summed E-state index contributed by atoms with van der Waals surface area (Å²) < 4.78 is 1.77. The predicted molar refractivity (Wildman–Crippen MR) is 93.0 cm³/mol. The van der Waals surface area contributed by atoms with Gasteiger partial charge in [0.1, 0.15) is 0 Å². The lowest BCUT2D eigenvalue weighted by molar-refractivity contribution is -0.120. The SMILES string of the molecule is O=C(Nc1ccn(Cc2ccc(Cl)c(Cl)c2)n1)C1CCCCC1. The van der Waals surface area contributed by atoms with Crippen molar-refractivity contribution in [2.45, 2.75) is 38.6 Å². The van der Waals surface area contributed by atoms with Gasteiger partial charge in [-0.1, -0.05) is 48.5 Å². The second-order valence-corrected chi connectivity index (χ2v) is 6.79. The topological polar surface area (TPSA) is 46.9 Å². The van der Waals surface area contributed by atoms with E-state index in [4.69, 9.17) is 23.2 Å². The first kappa shape index (κ1) is 16.3. The highest BCUT2D eigenvalue weighted by molar-refractivity contribution is 6.42. The number of halogens is 2. The summed E-state index contributed by atoms with van der Waals surface area (Å²) >= 11 is 11.9. The summed E-state index contributed by atoms with van der Waals surface area (Å²) in [5.74, 6) is 0.814. The van der Waals surface area contributed by atoms with E-state index in [0.717, 1.165) is 31.2 Å². The van der Waals surface area contributed by atoms with Gasteiger partial charge in [-0.15, -0.1) is 0 Å². The molecule has 0 atom stereocenters. The maximum atomic E-state index is 12.2. The van der Waals surface area contributed by atoms with Gasteiger partial charge in [-0.05, 0) is 30.5 Å². The summed E-state index contributed by atoms with van der Waals surface area (Å²) in [6.45, 7) is 0.580. The van der Waals surface area contributed by atoms with Crippen LogP contribution in [0.3, 0.4) is 0 Å². The average Bonchev–Trinajstić information content (AvgIpc) is 2.99. The highest BCUT2D eigenvalue weighted by atomic mass is 35.5. The van der Waals surface area contributed by atoms with Crippen LogP contribution in [0.25, 0.3) is 0 Å². The van der Waals surface area contributed by atoms with Crippen LogP contribution in [0.5, 0.6) is 0 Å². The third-order valence-corrected chi connectivity index (χ3v) is 4.94. The molecule has 0 saturated heterocycles. The monoisotopic (exact) mass is 351 g/mol. The number of carbonyl (C=O) groups excluding carboxylic acids is 1. The molecule has 3 rings (SSSR count). The van der Waals surface area contributed by atoms with E-state index >= 15 is 0 Å². The van der Waals surface area contributed by atoms with Crippen LogP contribution in [0.15, 0.2) is 30.5 Å². The van der Waals surface area contributed by atoms with E-state index < -0.39 is 0 Å². The fraction of sp³-hybridized carbons (Fsp3) is 0.412. The van der Waals surface area contributed by atoms with Gasteiger partial charge in [0.15, 0.2) is 5.82 Å². The number of carbonyl (C=O) groups is 1. The molecule has 1 aromatic heterocycles. The molecule has 1 saturated carbocycles. The molecule has 0 radical (unpaired) electrons. The number of hydrogen-bond donors (Lipinski definition) is 1. The van der Waals surface area contributed by atoms with Gasteiger partial charge in [0.2, 0.25) is 5.91 Å². The van der Waals surface area contributed by atoms with Crippen molar-refractivity contribution in [3.8, 4) is 0 Å². The van der Waals surface area contributed by atoms with Gasteiger partial charge in [0.05, 0.1) is 16.6 Å². The molecule has 0 unspecified atom stereocenters. The number of anilines is 1. The van der Waals surface area contributed by atoms with Crippen LogP contribution in [0, 0.1) is 5.92 Å². The third-order valence-electron chi connectivity index (χ3n) is 4.20. The molecule has 0 spiro atoms. The average molecular weight is 352 g/mol. The largest absolute Gasteiger partial charge is 0.309 e. The Morgan fingerprint density at radius 1 is 1.17 bits per heavy atom. The number of nitrogens with zero attached hydrogens (tertiary/aromatic N) is 2. The van der Waals surface area contributed by atoms with E-state index in [2.05, 4.69) is 10.4 Å². The van der Waals surface area contributed by atoms with Crippen molar-refractivity contribution in [1.82, 2.24) is 9.78 Å². The minimum atomic E-state index is 0.0875. The van der Waals surface area contributed by atoms with Gasteiger partial charge < -0.3 is 5.32 Å². The van der Waals surface area contributed by atoms with Crippen LogP contribution in [0.2, 0.25) is 10.0 Å². The second-order valence-electron chi connectivity index (χ2n) is 5.97. The van der Waals surface area contributed by atoms with Crippen molar-refractivity contribution in [3.05, 3.63) is 46.1 Å². The Morgan fingerprint density at radius 2 is 1.96 bits per heavy atom. The lowest BCUT2D eigenvalue weighted by Gasteiger charge is -2.19. The van der Waals surface area contributed by atoms with Crippen molar-refractivity contribution in [2.24, 2.45) is 5.92 Å². The van der Waals surface area contributed by atoms with Gasteiger partial charge in [0, 0.05) is 18.2 Å². The van der Waals surface area contributed by atoms with E-state index in [1.54, 1.807) is 10.7 Å². The minimum absolute atomic E-state index is 0.0875. The smallest absolute Gasteiger partial charge is 0.228 e. The molecule has 1 aliphatic carbocycles. The van der Waals surface area contributed by atoms with Gasteiger partial charge in [-0.2, -0.15) is 5.10 Å². The summed E-state index contributed by atoms with van der Waals surface area (Å²) in [7, 11) is 0. The Balaban J connectivity index is 1.61. The maximum Gasteiger partial charge on any atom is 0.228 e. The first-order chi connectivity index (χ1) is 11.1. The highest BCUT2D eigenvalue weighted by Gasteiger charge is 2.21. The Bertz CT molecular complexity index is 693. The zero-order valence-corrected chi connectivity index (χ0v) is 14.3. The Kier molecular flexibility index (Phi) is 5.23. The lowest BCUT2D eigenvalue weighted by atomic mass is 9.89. The molecule has 0 aliphatic heterocycles. The number of hydrogen-bond acceptors (Lipinski definition) is 2.